The summed E-state index contributed by atoms with van der Waals surface area (Å²) in [7, 11) is 1.72. The summed E-state index contributed by atoms with van der Waals surface area (Å²) in [5.41, 5.74) is 9.94. The van der Waals surface area contributed by atoms with Gasteiger partial charge in [-0.1, -0.05) is 26.3 Å². The zero-order valence-corrected chi connectivity index (χ0v) is 11.7. The second kappa shape index (κ2) is 6.06. The highest BCUT2D eigenvalue weighted by molar-refractivity contribution is 5.44. The van der Waals surface area contributed by atoms with Crippen molar-refractivity contribution in [1.82, 2.24) is 0 Å². The average molecular weight is 235 g/mol. The molecule has 0 spiro atoms. The third-order valence-corrected chi connectivity index (χ3v) is 3.44. The lowest BCUT2D eigenvalue weighted by molar-refractivity contribution is 0.394. The van der Waals surface area contributed by atoms with Crippen LogP contribution < -0.4 is 10.5 Å². The summed E-state index contributed by atoms with van der Waals surface area (Å²) in [5, 5.41) is 0. The molecule has 0 bridgehead atoms. The molecular weight excluding hydrogens is 210 g/mol. The number of ether oxygens (including phenoxy) is 1. The van der Waals surface area contributed by atoms with E-state index < -0.39 is 0 Å². The van der Waals surface area contributed by atoms with E-state index in [0.29, 0.717) is 5.92 Å². The Bertz CT molecular complexity index is 373. The van der Waals surface area contributed by atoms with Crippen molar-refractivity contribution in [2.24, 2.45) is 11.7 Å². The van der Waals surface area contributed by atoms with E-state index in [1.807, 2.05) is 0 Å². The van der Waals surface area contributed by atoms with Crippen molar-refractivity contribution in [3.05, 3.63) is 28.8 Å². The number of benzene rings is 1. The van der Waals surface area contributed by atoms with Gasteiger partial charge in [0.25, 0.3) is 0 Å². The van der Waals surface area contributed by atoms with E-state index in [0.717, 1.165) is 12.2 Å². The smallest absolute Gasteiger partial charge is 0.124 e. The molecule has 2 nitrogen and oxygen atoms in total. The largest absolute Gasteiger partial charge is 0.496 e. The van der Waals surface area contributed by atoms with E-state index in [2.05, 4.69) is 39.8 Å². The van der Waals surface area contributed by atoms with Crippen molar-refractivity contribution < 1.29 is 4.74 Å². The number of nitrogens with two attached hydrogens (primary N) is 1. The molecule has 0 heterocycles. The summed E-state index contributed by atoms with van der Waals surface area (Å²) in [5.74, 6) is 1.58. The molecule has 0 saturated heterocycles. The first kappa shape index (κ1) is 14.0. The van der Waals surface area contributed by atoms with Crippen LogP contribution in [0.3, 0.4) is 0 Å². The standard InChI is InChI=1S/C15H25NO/c1-6-10(2)8-13(16)15-12(4)7-11(3)9-14(15)17-5/h7,9-10,13H,6,8,16H2,1-5H3. The predicted octanol–water partition coefficient (Wildman–Crippen LogP) is 3.75. The lowest BCUT2D eigenvalue weighted by Gasteiger charge is -2.21. The summed E-state index contributed by atoms with van der Waals surface area (Å²) in [4.78, 5) is 0. The molecule has 0 amide bonds. The number of aryl methyl sites for hydroxylation is 2. The zero-order valence-electron chi connectivity index (χ0n) is 11.7. The average Bonchev–Trinajstić information content (AvgIpc) is 2.27. The van der Waals surface area contributed by atoms with E-state index >= 15 is 0 Å². The van der Waals surface area contributed by atoms with Crippen molar-refractivity contribution in [2.75, 3.05) is 7.11 Å². The Balaban J connectivity index is 3.03. The van der Waals surface area contributed by atoms with Crippen molar-refractivity contribution >= 4 is 0 Å². The third-order valence-electron chi connectivity index (χ3n) is 3.44. The lowest BCUT2D eigenvalue weighted by atomic mass is 9.91. The second-order valence-corrected chi connectivity index (χ2v) is 5.05. The molecule has 2 N–H and O–H groups in total. The van der Waals surface area contributed by atoms with Crippen LogP contribution in [0.5, 0.6) is 5.75 Å². The molecule has 1 rings (SSSR count). The zero-order chi connectivity index (χ0) is 13.0. The lowest BCUT2D eigenvalue weighted by Crippen LogP contribution is -2.16. The molecular formula is C15H25NO. The van der Waals surface area contributed by atoms with Gasteiger partial charge in [-0.05, 0) is 43.4 Å². The maximum absolute atomic E-state index is 6.32. The predicted molar refractivity (Wildman–Crippen MR) is 73.5 cm³/mol. The van der Waals surface area contributed by atoms with Gasteiger partial charge in [0.2, 0.25) is 0 Å². The van der Waals surface area contributed by atoms with Crippen LogP contribution in [0.25, 0.3) is 0 Å². The second-order valence-electron chi connectivity index (χ2n) is 5.05. The Morgan fingerprint density at radius 1 is 1.29 bits per heavy atom. The SMILES string of the molecule is CCC(C)CC(N)c1c(C)cc(C)cc1OC. The monoisotopic (exact) mass is 235 g/mol. The van der Waals surface area contributed by atoms with E-state index in [1.165, 1.54) is 23.1 Å². The van der Waals surface area contributed by atoms with Crippen LogP contribution >= 0.6 is 0 Å². The summed E-state index contributed by atoms with van der Waals surface area (Å²) in [6.07, 6.45) is 2.18. The van der Waals surface area contributed by atoms with Gasteiger partial charge < -0.3 is 10.5 Å². The molecule has 2 heteroatoms. The van der Waals surface area contributed by atoms with Crippen molar-refractivity contribution in [1.29, 1.82) is 0 Å². The van der Waals surface area contributed by atoms with E-state index in [1.54, 1.807) is 7.11 Å². The van der Waals surface area contributed by atoms with Gasteiger partial charge in [-0.2, -0.15) is 0 Å². The van der Waals surface area contributed by atoms with Gasteiger partial charge in [0.15, 0.2) is 0 Å². The molecule has 96 valence electrons. The van der Waals surface area contributed by atoms with Gasteiger partial charge in [0.05, 0.1) is 7.11 Å². The number of hydrogen-bond acceptors (Lipinski definition) is 2. The first-order valence-electron chi connectivity index (χ1n) is 6.40. The van der Waals surface area contributed by atoms with Crippen LogP contribution in [-0.4, -0.2) is 7.11 Å². The van der Waals surface area contributed by atoms with Crippen LogP contribution in [0, 0.1) is 19.8 Å². The van der Waals surface area contributed by atoms with Gasteiger partial charge in [0.1, 0.15) is 5.75 Å². The molecule has 0 radical (unpaired) electrons. The van der Waals surface area contributed by atoms with Crippen LogP contribution in [0.15, 0.2) is 12.1 Å². The summed E-state index contributed by atoms with van der Waals surface area (Å²) < 4.78 is 5.46. The molecule has 1 aromatic carbocycles. The van der Waals surface area contributed by atoms with Crippen LogP contribution in [0.2, 0.25) is 0 Å². The van der Waals surface area contributed by atoms with E-state index in [9.17, 15) is 0 Å². The Morgan fingerprint density at radius 3 is 2.47 bits per heavy atom. The third kappa shape index (κ3) is 3.47. The maximum atomic E-state index is 6.32. The number of hydrogen-bond donors (Lipinski definition) is 1. The van der Waals surface area contributed by atoms with Crippen LogP contribution in [0.4, 0.5) is 0 Å². The Labute approximate surface area is 105 Å². The fourth-order valence-electron chi connectivity index (χ4n) is 2.30. The first-order chi connectivity index (χ1) is 7.99. The van der Waals surface area contributed by atoms with Crippen LogP contribution in [0.1, 0.15) is 49.4 Å². The Morgan fingerprint density at radius 2 is 1.94 bits per heavy atom. The molecule has 1 aromatic rings. The summed E-state index contributed by atoms with van der Waals surface area (Å²) in [6.45, 7) is 8.65. The van der Waals surface area contributed by atoms with Gasteiger partial charge >= 0.3 is 0 Å². The van der Waals surface area contributed by atoms with Gasteiger partial charge in [-0.15, -0.1) is 0 Å². The summed E-state index contributed by atoms with van der Waals surface area (Å²) >= 11 is 0. The summed E-state index contributed by atoms with van der Waals surface area (Å²) in [6, 6.07) is 4.31. The van der Waals surface area contributed by atoms with Crippen molar-refractivity contribution in [3.8, 4) is 5.75 Å². The minimum absolute atomic E-state index is 0.0699. The molecule has 0 fully saturated rings. The molecule has 0 aromatic heterocycles. The molecule has 0 aliphatic carbocycles. The molecule has 2 atom stereocenters. The maximum Gasteiger partial charge on any atom is 0.124 e. The molecule has 0 aliphatic heterocycles. The molecule has 0 aliphatic rings. The van der Waals surface area contributed by atoms with E-state index in [-0.39, 0.29) is 6.04 Å². The fraction of sp³-hybridized carbons (Fsp3) is 0.600. The topological polar surface area (TPSA) is 35.2 Å². The van der Waals surface area contributed by atoms with Crippen LogP contribution in [-0.2, 0) is 0 Å². The molecule has 0 saturated carbocycles. The van der Waals surface area contributed by atoms with Gasteiger partial charge in [-0.25, -0.2) is 0 Å². The minimum atomic E-state index is 0.0699. The highest BCUT2D eigenvalue weighted by Crippen LogP contribution is 2.32. The van der Waals surface area contributed by atoms with Gasteiger partial charge in [-0.3, -0.25) is 0 Å². The highest BCUT2D eigenvalue weighted by Gasteiger charge is 2.17. The Kier molecular flexibility index (Phi) is 5.01. The normalized spacial score (nSPS) is 14.5. The minimum Gasteiger partial charge on any atom is -0.496 e. The first-order valence-corrected chi connectivity index (χ1v) is 6.40. The quantitative estimate of drug-likeness (QED) is 0.843. The molecule has 17 heavy (non-hydrogen) atoms. The number of rotatable bonds is 5. The van der Waals surface area contributed by atoms with Crippen molar-refractivity contribution in [3.63, 3.8) is 0 Å². The van der Waals surface area contributed by atoms with E-state index in [4.69, 9.17) is 10.5 Å². The highest BCUT2D eigenvalue weighted by atomic mass is 16.5. The van der Waals surface area contributed by atoms with Crippen molar-refractivity contribution in [2.45, 2.75) is 46.6 Å². The Hall–Kier alpha value is -1.02. The fourth-order valence-corrected chi connectivity index (χ4v) is 2.30. The van der Waals surface area contributed by atoms with Gasteiger partial charge in [0, 0.05) is 11.6 Å². The number of methoxy groups -OCH3 is 1. The molecule has 2 unspecified atom stereocenters.